The second kappa shape index (κ2) is 7.42. The van der Waals surface area contributed by atoms with Crippen molar-refractivity contribution in [3.05, 3.63) is 40.5 Å². The maximum Gasteiger partial charge on any atom is 0.273 e. The summed E-state index contributed by atoms with van der Waals surface area (Å²) >= 11 is 8.36. The molecule has 1 saturated heterocycles. The first-order valence-corrected chi connectivity index (χ1v) is 7.79. The van der Waals surface area contributed by atoms with E-state index in [1.165, 1.54) is 0 Å². The fourth-order valence-electron chi connectivity index (χ4n) is 1.87. The SMILES string of the molecule is C=CCOc1c(Br)cc(C=C2NC(=S)NC2=O)cc1OCC. The maximum absolute atomic E-state index is 11.7. The summed E-state index contributed by atoms with van der Waals surface area (Å²) < 4.78 is 11.9. The number of thiocarbonyl (C=S) groups is 1. The van der Waals surface area contributed by atoms with Gasteiger partial charge < -0.3 is 14.8 Å². The molecule has 1 amide bonds. The lowest BCUT2D eigenvalue weighted by molar-refractivity contribution is -0.115. The van der Waals surface area contributed by atoms with Crippen LogP contribution in [0.5, 0.6) is 11.5 Å². The van der Waals surface area contributed by atoms with Crippen LogP contribution in [-0.4, -0.2) is 24.2 Å². The highest BCUT2D eigenvalue weighted by Crippen LogP contribution is 2.37. The lowest BCUT2D eigenvalue weighted by atomic mass is 10.1. The van der Waals surface area contributed by atoms with Crippen molar-refractivity contribution in [1.82, 2.24) is 10.6 Å². The van der Waals surface area contributed by atoms with Crippen LogP contribution in [0.1, 0.15) is 12.5 Å². The Morgan fingerprint density at radius 2 is 2.14 bits per heavy atom. The van der Waals surface area contributed by atoms with E-state index < -0.39 is 0 Å². The van der Waals surface area contributed by atoms with Crippen LogP contribution in [-0.2, 0) is 4.79 Å². The molecule has 116 valence electrons. The minimum Gasteiger partial charge on any atom is -0.490 e. The fraction of sp³-hybridized carbons (Fsp3) is 0.200. The Morgan fingerprint density at radius 1 is 1.36 bits per heavy atom. The molecule has 0 unspecified atom stereocenters. The third kappa shape index (κ3) is 3.86. The molecule has 0 spiro atoms. The number of halogens is 1. The molecule has 1 aromatic carbocycles. The zero-order valence-electron chi connectivity index (χ0n) is 11.9. The molecule has 1 aromatic rings. The Balaban J connectivity index is 2.37. The largest absolute Gasteiger partial charge is 0.490 e. The second-order valence-corrected chi connectivity index (χ2v) is 5.59. The van der Waals surface area contributed by atoms with Crippen LogP contribution in [0.3, 0.4) is 0 Å². The van der Waals surface area contributed by atoms with Gasteiger partial charge in [0.15, 0.2) is 16.6 Å². The quantitative estimate of drug-likeness (QED) is 0.450. The van der Waals surface area contributed by atoms with Crippen molar-refractivity contribution in [3.8, 4) is 11.5 Å². The van der Waals surface area contributed by atoms with Gasteiger partial charge in [0.25, 0.3) is 5.91 Å². The number of benzene rings is 1. The predicted molar refractivity (Wildman–Crippen MR) is 92.9 cm³/mol. The van der Waals surface area contributed by atoms with Crippen LogP contribution >= 0.6 is 28.1 Å². The number of ether oxygens (including phenoxy) is 2. The highest BCUT2D eigenvalue weighted by molar-refractivity contribution is 9.10. The molecule has 1 heterocycles. The van der Waals surface area contributed by atoms with Gasteiger partial charge in [0.05, 0.1) is 11.1 Å². The van der Waals surface area contributed by atoms with Gasteiger partial charge in [-0.05, 0) is 58.8 Å². The number of carbonyl (C=O) groups is 1. The monoisotopic (exact) mass is 382 g/mol. The van der Waals surface area contributed by atoms with Crippen LogP contribution in [0.15, 0.2) is 35.0 Å². The van der Waals surface area contributed by atoms with Crippen molar-refractivity contribution in [2.45, 2.75) is 6.92 Å². The summed E-state index contributed by atoms with van der Waals surface area (Å²) in [6, 6.07) is 3.64. The third-order valence-electron chi connectivity index (χ3n) is 2.71. The molecule has 2 rings (SSSR count). The highest BCUT2D eigenvalue weighted by Gasteiger charge is 2.20. The lowest BCUT2D eigenvalue weighted by Gasteiger charge is -2.13. The van der Waals surface area contributed by atoms with Gasteiger partial charge in [-0.15, -0.1) is 0 Å². The zero-order chi connectivity index (χ0) is 16.1. The third-order valence-corrected chi connectivity index (χ3v) is 3.50. The van der Waals surface area contributed by atoms with E-state index in [-0.39, 0.29) is 5.91 Å². The Morgan fingerprint density at radius 3 is 2.73 bits per heavy atom. The summed E-state index contributed by atoms with van der Waals surface area (Å²) in [6.45, 7) is 6.39. The topological polar surface area (TPSA) is 59.6 Å². The molecule has 2 N–H and O–H groups in total. The first kappa shape index (κ1) is 16.5. The first-order valence-electron chi connectivity index (χ1n) is 6.59. The molecule has 0 radical (unpaired) electrons. The Kier molecular flexibility index (Phi) is 5.57. The zero-order valence-corrected chi connectivity index (χ0v) is 14.3. The summed E-state index contributed by atoms with van der Waals surface area (Å²) in [5.74, 6) is 0.931. The van der Waals surface area contributed by atoms with E-state index in [9.17, 15) is 4.79 Å². The summed E-state index contributed by atoms with van der Waals surface area (Å²) in [4.78, 5) is 11.7. The molecule has 7 heteroatoms. The van der Waals surface area contributed by atoms with E-state index in [0.717, 1.165) is 10.0 Å². The number of carbonyl (C=O) groups excluding carboxylic acids is 1. The van der Waals surface area contributed by atoms with Gasteiger partial charge in [-0.1, -0.05) is 12.7 Å². The number of amides is 1. The van der Waals surface area contributed by atoms with Gasteiger partial charge in [0.1, 0.15) is 12.3 Å². The molecular formula is C15H15BrN2O3S. The average Bonchev–Trinajstić information content (AvgIpc) is 2.76. The molecule has 0 aromatic heterocycles. The van der Waals surface area contributed by atoms with Gasteiger partial charge in [-0.25, -0.2) is 0 Å². The minimum atomic E-state index is -0.258. The number of rotatable bonds is 6. The van der Waals surface area contributed by atoms with E-state index >= 15 is 0 Å². The molecule has 22 heavy (non-hydrogen) atoms. The van der Waals surface area contributed by atoms with Crippen LogP contribution in [0.2, 0.25) is 0 Å². The summed E-state index contributed by atoms with van der Waals surface area (Å²) in [5, 5.41) is 5.62. The van der Waals surface area contributed by atoms with Gasteiger partial charge >= 0.3 is 0 Å². The Bertz CT molecular complexity index is 658. The van der Waals surface area contributed by atoms with Crippen LogP contribution < -0.4 is 20.1 Å². The molecule has 5 nitrogen and oxygen atoms in total. The van der Waals surface area contributed by atoms with Gasteiger partial charge in [-0.2, -0.15) is 0 Å². The van der Waals surface area contributed by atoms with Crippen LogP contribution in [0.4, 0.5) is 0 Å². The van der Waals surface area contributed by atoms with Gasteiger partial charge in [0, 0.05) is 0 Å². The van der Waals surface area contributed by atoms with E-state index in [4.69, 9.17) is 21.7 Å². The highest BCUT2D eigenvalue weighted by atomic mass is 79.9. The van der Waals surface area contributed by atoms with Crippen molar-refractivity contribution in [1.29, 1.82) is 0 Å². The normalized spacial score (nSPS) is 15.5. The van der Waals surface area contributed by atoms with Gasteiger partial charge in [-0.3, -0.25) is 10.1 Å². The average molecular weight is 383 g/mol. The molecule has 0 atom stereocenters. The standard InChI is InChI=1S/C15H15BrN2O3S/c1-3-5-21-13-10(16)6-9(8-12(13)20-4-2)7-11-14(19)18-15(22)17-11/h3,6-8H,1,4-5H2,2H3,(H2,17,18,19,22). The molecular weight excluding hydrogens is 368 g/mol. The van der Waals surface area contributed by atoms with E-state index in [2.05, 4.69) is 33.1 Å². The molecule has 1 aliphatic heterocycles. The van der Waals surface area contributed by atoms with E-state index in [1.54, 1.807) is 18.2 Å². The molecule has 1 fully saturated rings. The van der Waals surface area contributed by atoms with Crippen molar-refractivity contribution in [2.75, 3.05) is 13.2 Å². The fourth-order valence-corrected chi connectivity index (χ4v) is 2.64. The minimum absolute atomic E-state index is 0.258. The Labute approximate surface area is 142 Å². The van der Waals surface area contributed by atoms with Crippen molar-refractivity contribution in [2.24, 2.45) is 0 Å². The van der Waals surface area contributed by atoms with E-state index in [1.807, 2.05) is 13.0 Å². The predicted octanol–water partition coefficient (Wildman–Crippen LogP) is 2.76. The lowest BCUT2D eigenvalue weighted by Crippen LogP contribution is -2.21. The number of hydrogen-bond acceptors (Lipinski definition) is 4. The summed E-state index contributed by atoms with van der Waals surface area (Å²) in [5.41, 5.74) is 1.17. The summed E-state index contributed by atoms with van der Waals surface area (Å²) in [6.07, 6.45) is 3.35. The van der Waals surface area contributed by atoms with Crippen LogP contribution in [0, 0.1) is 0 Å². The first-order chi connectivity index (χ1) is 10.5. The molecule has 0 bridgehead atoms. The van der Waals surface area contributed by atoms with Crippen molar-refractivity contribution < 1.29 is 14.3 Å². The second-order valence-electron chi connectivity index (χ2n) is 4.33. The Hall–Kier alpha value is -1.86. The van der Waals surface area contributed by atoms with Crippen molar-refractivity contribution >= 4 is 45.2 Å². The van der Waals surface area contributed by atoms with Gasteiger partial charge in [0.2, 0.25) is 0 Å². The van der Waals surface area contributed by atoms with Crippen molar-refractivity contribution in [3.63, 3.8) is 0 Å². The number of hydrogen-bond donors (Lipinski definition) is 2. The number of nitrogens with one attached hydrogen (secondary N) is 2. The van der Waals surface area contributed by atoms with Crippen LogP contribution in [0.25, 0.3) is 6.08 Å². The molecule has 0 aliphatic carbocycles. The molecule has 1 aliphatic rings. The summed E-state index contributed by atoms with van der Waals surface area (Å²) in [7, 11) is 0. The molecule has 0 saturated carbocycles. The smallest absolute Gasteiger partial charge is 0.273 e. The van der Waals surface area contributed by atoms with E-state index in [0.29, 0.717) is 35.5 Å². The maximum atomic E-state index is 11.7.